The number of halogens is 1. The molecule has 0 aromatic heterocycles. The number of rotatable bonds is 7. The maximum Gasteiger partial charge on any atom is 0.242 e. The summed E-state index contributed by atoms with van der Waals surface area (Å²) in [5.41, 5.74) is 0.411. The van der Waals surface area contributed by atoms with Gasteiger partial charge in [-0.3, -0.25) is 29.0 Å². The van der Waals surface area contributed by atoms with E-state index in [1.54, 1.807) is 24.3 Å². The number of carbonyl (C=O) groups is 4. The highest BCUT2D eigenvalue weighted by atomic mass is 35.5. The molecule has 32 heavy (non-hydrogen) atoms. The Kier molecular flexibility index (Phi) is 7.17. The van der Waals surface area contributed by atoms with Crippen LogP contribution in [0.3, 0.4) is 0 Å². The number of amides is 4. The van der Waals surface area contributed by atoms with Crippen LogP contribution < -0.4 is 10.6 Å². The van der Waals surface area contributed by atoms with Crippen LogP contribution in [0.1, 0.15) is 11.5 Å². The summed E-state index contributed by atoms with van der Waals surface area (Å²) >= 11 is 16.2. The lowest BCUT2D eigenvalue weighted by molar-refractivity contribution is -0.147. The first-order chi connectivity index (χ1) is 15.2. The van der Waals surface area contributed by atoms with E-state index in [1.807, 2.05) is 0 Å². The lowest BCUT2D eigenvalue weighted by Crippen LogP contribution is -2.64. The molecule has 166 valence electrons. The molecule has 0 spiro atoms. The Morgan fingerprint density at radius 3 is 1.66 bits per heavy atom. The molecule has 0 aliphatic carbocycles. The number of thiocarbonyl (C=S) groups is 2. The van der Waals surface area contributed by atoms with Crippen molar-refractivity contribution in [3.8, 4) is 0 Å². The molecule has 0 bridgehead atoms. The van der Waals surface area contributed by atoms with E-state index in [0.29, 0.717) is 10.6 Å². The van der Waals surface area contributed by atoms with E-state index < -0.39 is 41.4 Å². The lowest BCUT2D eigenvalue weighted by Gasteiger charge is -2.40. The van der Waals surface area contributed by atoms with Crippen LogP contribution >= 0.6 is 36.0 Å². The van der Waals surface area contributed by atoms with E-state index in [0.717, 1.165) is 0 Å². The van der Waals surface area contributed by atoms with Crippen LogP contribution in [-0.2, 0) is 19.2 Å². The Labute approximate surface area is 200 Å². The largest absolute Gasteiger partial charge is 0.302 e. The molecule has 2 N–H and O–H groups in total. The van der Waals surface area contributed by atoms with E-state index in [-0.39, 0.29) is 23.3 Å². The van der Waals surface area contributed by atoms with Gasteiger partial charge in [0.25, 0.3) is 0 Å². The third kappa shape index (κ3) is 4.34. The monoisotopic (exact) mass is 490 g/mol. The molecule has 1 aromatic rings. The fourth-order valence-electron chi connectivity index (χ4n) is 3.76. The molecule has 3 atom stereocenters. The van der Waals surface area contributed by atoms with Gasteiger partial charge < -0.3 is 10.6 Å². The van der Waals surface area contributed by atoms with Gasteiger partial charge in [-0.15, -0.1) is 13.2 Å². The normalized spacial score (nSPS) is 22.4. The lowest BCUT2D eigenvalue weighted by atomic mass is 9.73. The number of carbonyl (C=O) groups excluding carboxylic acids is 4. The van der Waals surface area contributed by atoms with Crippen molar-refractivity contribution in [1.29, 1.82) is 0 Å². The molecule has 2 saturated heterocycles. The Hall–Kier alpha value is -2.95. The van der Waals surface area contributed by atoms with Crippen LogP contribution in [0, 0.1) is 11.8 Å². The number of hydrogen-bond acceptors (Lipinski definition) is 6. The van der Waals surface area contributed by atoms with E-state index in [1.165, 1.54) is 22.0 Å². The predicted octanol–water partition coefficient (Wildman–Crippen LogP) is 1.51. The van der Waals surface area contributed by atoms with Crippen molar-refractivity contribution < 1.29 is 19.2 Å². The van der Waals surface area contributed by atoms with Gasteiger partial charge in [-0.2, -0.15) is 0 Å². The Balaban J connectivity index is 2.15. The molecule has 2 heterocycles. The topological polar surface area (TPSA) is 98.8 Å². The molecule has 11 heteroatoms. The van der Waals surface area contributed by atoms with Gasteiger partial charge in [0.2, 0.25) is 23.6 Å². The first-order valence-electron chi connectivity index (χ1n) is 9.51. The SMILES string of the molecule is C=CCN1C(=O)[C@H](C(c2ccc(Cl)cc2)[C@H]2C(=O)NC(=S)N(CC=C)C2=O)C(=O)NC1=S. The van der Waals surface area contributed by atoms with Crippen LogP contribution in [-0.4, -0.2) is 56.7 Å². The number of nitrogens with one attached hydrogen (secondary N) is 2. The third-order valence-electron chi connectivity index (χ3n) is 5.18. The number of benzene rings is 1. The first kappa shape index (κ1) is 23.7. The Morgan fingerprint density at radius 1 is 0.875 bits per heavy atom. The summed E-state index contributed by atoms with van der Waals surface area (Å²) in [5, 5.41) is 5.26. The van der Waals surface area contributed by atoms with E-state index in [2.05, 4.69) is 23.8 Å². The van der Waals surface area contributed by atoms with E-state index >= 15 is 0 Å². The van der Waals surface area contributed by atoms with Crippen molar-refractivity contribution in [1.82, 2.24) is 20.4 Å². The van der Waals surface area contributed by atoms with Gasteiger partial charge in [-0.25, -0.2) is 0 Å². The second-order valence-electron chi connectivity index (χ2n) is 7.10. The Morgan fingerprint density at radius 2 is 1.28 bits per heavy atom. The van der Waals surface area contributed by atoms with Crippen LogP contribution in [0.2, 0.25) is 5.02 Å². The average Bonchev–Trinajstić information content (AvgIpc) is 2.73. The van der Waals surface area contributed by atoms with Crippen LogP contribution in [0.4, 0.5) is 0 Å². The fraction of sp³-hybridized carbons (Fsp3) is 0.238. The minimum absolute atomic E-state index is 0.0548. The summed E-state index contributed by atoms with van der Waals surface area (Å²) < 4.78 is 0. The summed E-state index contributed by atoms with van der Waals surface area (Å²) in [5.74, 6) is -6.63. The summed E-state index contributed by atoms with van der Waals surface area (Å²) in [6.07, 6.45) is 2.91. The molecule has 2 fully saturated rings. The average molecular weight is 491 g/mol. The zero-order chi connectivity index (χ0) is 23.6. The smallest absolute Gasteiger partial charge is 0.242 e. The van der Waals surface area contributed by atoms with Crippen molar-refractivity contribution in [2.24, 2.45) is 11.8 Å². The molecular formula is C21H19ClN4O4S2. The van der Waals surface area contributed by atoms with Crippen molar-refractivity contribution >= 4 is 69.9 Å². The molecule has 0 radical (unpaired) electrons. The Bertz CT molecular complexity index is 983. The highest BCUT2D eigenvalue weighted by Crippen LogP contribution is 2.38. The molecule has 0 saturated carbocycles. The van der Waals surface area contributed by atoms with Gasteiger partial charge >= 0.3 is 0 Å². The quantitative estimate of drug-likeness (QED) is 0.341. The molecule has 4 amide bonds. The van der Waals surface area contributed by atoms with Gasteiger partial charge in [0.15, 0.2) is 10.2 Å². The van der Waals surface area contributed by atoms with Crippen LogP contribution in [0.5, 0.6) is 0 Å². The van der Waals surface area contributed by atoms with Gasteiger partial charge in [0.05, 0.1) is 0 Å². The van der Waals surface area contributed by atoms with Gasteiger partial charge in [-0.05, 0) is 42.1 Å². The second kappa shape index (κ2) is 9.68. The summed E-state index contributed by atoms with van der Waals surface area (Å²) in [6, 6.07) is 6.25. The maximum absolute atomic E-state index is 13.4. The summed E-state index contributed by atoms with van der Waals surface area (Å²) in [4.78, 5) is 55.0. The summed E-state index contributed by atoms with van der Waals surface area (Å²) in [6.45, 7) is 7.32. The zero-order valence-electron chi connectivity index (χ0n) is 16.7. The highest BCUT2D eigenvalue weighted by molar-refractivity contribution is 7.80. The van der Waals surface area contributed by atoms with Gasteiger partial charge in [0.1, 0.15) is 11.8 Å². The fourth-order valence-corrected chi connectivity index (χ4v) is 4.42. The molecule has 8 nitrogen and oxygen atoms in total. The van der Waals surface area contributed by atoms with Crippen LogP contribution in [0.15, 0.2) is 49.6 Å². The highest BCUT2D eigenvalue weighted by Gasteiger charge is 2.52. The minimum atomic E-state index is -1.40. The standard InChI is InChI=1S/C21H19ClN4O4S2/c1-3-9-25-18(29)14(16(27)23-20(25)31)13(11-5-7-12(22)8-6-11)15-17(28)24-21(32)26(10-4-2)19(15)30/h3-8,13-15H,1-2,9-10H2,(H,23,27,31)(H,24,28,32)/t13?,14-,15+. The van der Waals surface area contributed by atoms with Crippen LogP contribution in [0.25, 0.3) is 0 Å². The second-order valence-corrected chi connectivity index (χ2v) is 8.31. The zero-order valence-corrected chi connectivity index (χ0v) is 19.1. The van der Waals surface area contributed by atoms with Crippen molar-refractivity contribution in [2.45, 2.75) is 5.92 Å². The van der Waals surface area contributed by atoms with E-state index in [9.17, 15) is 19.2 Å². The molecule has 2 aliphatic rings. The maximum atomic E-state index is 13.4. The van der Waals surface area contributed by atoms with Crippen molar-refractivity contribution in [3.05, 3.63) is 60.2 Å². The summed E-state index contributed by atoms with van der Waals surface area (Å²) in [7, 11) is 0. The first-order valence-corrected chi connectivity index (χ1v) is 10.7. The minimum Gasteiger partial charge on any atom is -0.302 e. The molecular weight excluding hydrogens is 472 g/mol. The molecule has 1 aromatic carbocycles. The third-order valence-corrected chi connectivity index (χ3v) is 6.07. The van der Waals surface area contributed by atoms with Crippen molar-refractivity contribution in [3.63, 3.8) is 0 Å². The van der Waals surface area contributed by atoms with Crippen molar-refractivity contribution in [2.75, 3.05) is 13.1 Å². The molecule has 2 aliphatic heterocycles. The van der Waals surface area contributed by atoms with E-state index in [4.69, 9.17) is 36.0 Å². The molecule has 1 unspecified atom stereocenters. The number of hydrogen-bond donors (Lipinski definition) is 2. The molecule has 3 rings (SSSR count). The predicted molar refractivity (Wildman–Crippen MR) is 126 cm³/mol. The van der Waals surface area contributed by atoms with Gasteiger partial charge in [0, 0.05) is 24.0 Å². The number of nitrogens with zero attached hydrogens (tertiary/aromatic N) is 2. The van der Waals surface area contributed by atoms with Gasteiger partial charge in [-0.1, -0.05) is 35.9 Å².